The van der Waals surface area contributed by atoms with Crippen molar-refractivity contribution in [2.24, 2.45) is 5.16 Å². The lowest BCUT2D eigenvalue weighted by molar-refractivity contribution is 0.308. The van der Waals surface area contributed by atoms with Crippen molar-refractivity contribution in [3.05, 3.63) is 76.4 Å². The van der Waals surface area contributed by atoms with Crippen LogP contribution in [0.15, 0.2) is 69.0 Å². The molecule has 0 saturated carbocycles. The summed E-state index contributed by atoms with van der Waals surface area (Å²) >= 11 is 0. The minimum atomic E-state index is -0.539. The van der Waals surface area contributed by atoms with Crippen LogP contribution in [0.4, 0.5) is 4.39 Å². The Labute approximate surface area is 130 Å². The summed E-state index contributed by atoms with van der Waals surface area (Å²) in [7, 11) is 0. The molecule has 0 radical (unpaired) electrons. The van der Waals surface area contributed by atoms with E-state index in [-0.39, 0.29) is 12.3 Å². The van der Waals surface area contributed by atoms with Crippen LogP contribution in [0.2, 0.25) is 0 Å². The van der Waals surface area contributed by atoms with Gasteiger partial charge < -0.3 is 14.4 Å². The zero-order valence-corrected chi connectivity index (χ0v) is 11.9. The average molecular weight is 313 g/mol. The van der Waals surface area contributed by atoms with Gasteiger partial charge in [0.05, 0.1) is 11.5 Å². The molecule has 116 valence electrons. The molecule has 6 heteroatoms. The van der Waals surface area contributed by atoms with E-state index in [2.05, 4.69) is 5.16 Å². The molecule has 5 nitrogen and oxygen atoms in total. The van der Waals surface area contributed by atoms with Crippen molar-refractivity contribution in [3.8, 4) is 5.75 Å². The van der Waals surface area contributed by atoms with Gasteiger partial charge in [-0.3, -0.25) is 0 Å². The van der Waals surface area contributed by atoms with Gasteiger partial charge in [-0.05, 0) is 36.4 Å². The topological polar surface area (TPSA) is 72.0 Å². The van der Waals surface area contributed by atoms with Gasteiger partial charge in [-0.25, -0.2) is 9.18 Å². The number of fused-ring (bicyclic) bond motifs is 1. The molecule has 2 aromatic carbocycles. The van der Waals surface area contributed by atoms with Crippen LogP contribution in [0, 0.1) is 5.82 Å². The molecule has 1 heterocycles. The summed E-state index contributed by atoms with van der Waals surface area (Å²) in [6.07, 6.45) is 0. The van der Waals surface area contributed by atoms with Crippen LogP contribution in [-0.2, 0) is 0 Å². The molecule has 3 aromatic rings. The molecule has 0 saturated heterocycles. The Kier molecular flexibility index (Phi) is 4.05. The molecule has 0 bridgehead atoms. The summed E-state index contributed by atoms with van der Waals surface area (Å²) in [5, 5.41) is 12.9. The minimum absolute atomic E-state index is 0.0877. The van der Waals surface area contributed by atoms with Crippen LogP contribution in [0.25, 0.3) is 11.0 Å². The van der Waals surface area contributed by atoms with Gasteiger partial charge in [-0.1, -0.05) is 17.3 Å². The van der Waals surface area contributed by atoms with Crippen LogP contribution in [0.3, 0.4) is 0 Å². The van der Waals surface area contributed by atoms with Crippen molar-refractivity contribution < 1.29 is 18.8 Å². The summed E-state index contributed by atoms with van der Waals surface area (Å²) < 4.78 is 23.6. The maximum absolute atomic E-state index is 12.9. The van der Waals surface area contributed by atoms with E-state index < -0.39 is 11.4 Å². The molecular weight excluding hydrogens is 301 g/mol. The Morgan fingerprint density at radius 2 is 1.91 bits per heavy atom. The van der Waals surface area contributed by atoms with Crippen LogP contribution in [0.1, 0.15) is 5.56 Å². The third kappa shape index (κ3) is 3.21. The molecule has 0 unspecified atom stereocenters. The molecule has 0 spiro atoms. The van der Waals surface area contributed by atoms with Gasteiger partial charge in [0, 0.05) is 5.56 Å². The van der Waals surface area contributed by atoms with E-state index in [1.54, 1.807) is 24.3 Å². The Balaban J connectivity index is 1.88. The number of nitrogens with zero attached hydrogens (tertiary/aromatic N) is 1. The molecule has 0 fully saturated rings. The highest BCUT2D eigenvalue weighted by Gasteiger charge is 2.10. The molecule has 23 heavy (non-hydrogen) atoms. The normalized spacial score (nSPS) is 11.6. The first-order valence-corrected chi connectivity index (χ1v) is 6.80. The molecule has 1 N–H and O–H groups in total. The molecule has 0 aliphatic carbocycles. The summed E-state index contributed by atoms with van der Waals surface area (Å²) in [5.41, 5.74) is 0.589. The number of hydrogen-bond acceptors (Lipinski definition) is 5. The Hall–Kier alpha value is -3.15. The van der Waals surface area contributed by atoms with Gasteiger partial charge in [-0.2, -0.15) is 0 Å². The fraction of sp³-hybridized carbons (Fsp3) is 0.0588. The maximum Gasteiger partial charge on any atom is 0.339 e. The SMILES string of the molecule is O=c1cc(OC/C(=N\O)c2ccc(F)cc2)c2ccccc2o1. The van der Waals surface area contributed by atoms with E-state index in [0.29, 0.717) is 22.3 Å². The zero-order valence-electron chi connectivity index (χ0n) is 11.9. The Bertz CT molecular complexity index is 916. The largest absolute Gasteiger partial charge is 0.486 e. The first-order chi connectivity index (χ1) is 11.2. The molecule has 0 aliphatic heterocycles. The lowest BCUT2D eigenvalue weighted by Gasteiger charge is -2.09. The second kappa shape index (κ2) is 6.31. The number of ether oxygens (including phenoxy) is 1. The van der Waals surface area contributed by atoms with Crippen molar-refractivity contribution in [2.45, 2.75) is 0 Å². The van der Waals surface area contributed by atoms with E-state index in [0.717, 1.165) is 0 Å². The Morgan fingerprint density at radius 1 is 1.17 bits per heavy atom. The van der Waals surface area contributed by atoms with Crippen molar-refractivity contribution in [1.82, 2.24) is 0 Å². The number of benzene rings is 2. The quantitative estimate of drug-likeness (QED) is 0.347. The predicted octanol–water partition coefficient (Wildman–Crippen LogP) is 3.19. The van der Waals surface area contributed by atoms with Crippen LogP contribution >= 0.6 is 0 Å². The Morgan fingerprint density at radius 3 is 2.65 bits per heavy atom. The summed E-state index contributed by atoms with van der Waals surface area (Å²) in [5.74, 6) is -0.0706. The number of halogens is 1. The zero-order chi connectivity index (χ0) is 16.2. The first kappa shape index (κ1) is 14.8. The van der Waals surface area contributed by atoms with Crippen molar-refractivity contribution in [3.63, 3.8) is 0 Å². The summed E-state index contributed by atoms with van der Waals surface area (Å²) in [4.78, 5) is 11.6. The number of hydrogen-bond donors (Lipinski definition) is 1. The molecule has 0 amide bonds. The van der Waals surface area contributed by atoms with Gasteiger partial charge >= 0.3 is 5.63 Å². The fourth-order valence-corrected chi connectivity index (χ4v) is 2.16. The standard InChI is InChI=1S/C17H12FNO4/c18-12-7-5-11(6-8-12)14(19-21)10-22-16-9-17(20)23-15-4-2-1-3-13(15)16/h1-9,21H,10H2/b19-14+. The van der Waals surface area contributed by atoms with E-state index in [9.17, 15) is 9.18 Å². The summed E-state index contributed by atoms with van der Waals surface area (Å²) in [6.45, 7) is -0.0877. The van der Waals surface area contributed by atoms with E-state index in [1.807, 2.05) is 0 Å². The molecule has 0 atom stereocenters. The van der Waals surface area contributed by atoms with Crippen molar-refractivity contribution in [1.29, 1.82) is 0 Å². The molecule has 3 rings (SSSR count). The summed E-state index contributed by atoms with van der Waals surface area (Å²) in [6, 6.07) is 13.6. The van der Waals surface area contributed by atoms with Crippen LogP contribution in [0.5, 0.6) is 5.75 Å². The van der Waals surface area contributed by atoms with E-state index >= 15 is 0 Å². The third-order valence-electron chi connectivity index (χ3n) is 3.27. The first-order valence-electron chi connectivity index (χ1n) is 6.80. The maximum atomic E-state index is 12.9. The second-order valence-corrected chi connectivity index (χ2v) is 4.77. The average Bonchev–Trinajstić information content (AvgIpc) is 2.56. The monoisotopic (exact) mass is 313 g/mol. The predicted molar refractivity (Wildman–Crippen MR) is 82.7 cm³/mol. The number of para-hydroxylation sites is 1. The van der Waals surface area contributed by atoms with E-state index in [4.69, 9.17) is 14.4 Å². The molecule has 0 aliphatic rings. The number of oxime groups is 1. The van der Waals surface area contributed by atoms with Gasteiger partial charge in [-0.15, -0.1) is 0 Å². The second-order valence-electron chi connectivity index (χ2n) is 4.77. The lowest BCUT2D eigenvalue weighted by atomic mass is 10.1. The van der Waals surface area contributed by atoms with Gasteiger partial charge in [0.2, 0.25) is 0 Å². The lowest BCUT2D eigenvalue weighted by Crippen LogP contribution is -2.14. The van der Waals surface area contributed by atoms with E-state index in [1.165, 1.54) is 30.3 Å². The van der Waals surface area contributed by atoms with Crippen LogP contribution in [-0.4, -0.2) is 17.5 Å². The minimum Gasteiger partial charge on any atom is -0.486 e. The highest BCUT2D eigenvalue weighted by atomic mass is 19.1. The van der Waals surface area contributed by atoms with Gasteiger partial charge in [0.15, 0.2) is 0 Å². The third-order valence-corrected chi connectivity index (χ3v) is 3.27. The fourth-order valence-electron chi connectivity index (χ4n) is 2.16. The highest BCUT2D eigenvalue weighted by molar-refractivity contribution is 6.01. The molecule has 1 aromatic heterocycles. The van der Waals surface area contributed by atoms with Crippen molar-refractivity contribution in [2.75, 3.05) is 6.61 Å². The van der Waals surface area contributed by atoms with Crippen molar-refractivity contribution >= 4 is 16.7 Å². The van der Waals surface area contributed by atoms with Gasteiger partial charge in [0.1, 0.15) is 29.5 Å². The molecular formula is C17H12FNO4. The number of rotatable bonds is 4. The van der Waals surface area contributed by atoms with Gasteiger partial charge in [0.25, 0.3) is 0 Å². The smallest absolute Gasteiger partial charge is 0.339 e. The van der Waals surface area contributed by atoms with Crippen LogP contribution < -0.4 is 10.4 Å². The highest BCUT2D eigenvalue weighted by Crippen LogP contribution is 2.23.